The van der Waals surface area contributed by atoms with Crippen LogP contribution in [0.15, 0.2) is 48.5 Å². The fourth-order valence-electron chi connectivity index (χ4n) is 3.51. The molecule has 0 radical (unpaired) electrons. The van der Waals surface area contributed by atoms with E-state index in [1.165, 1.54) is 11.1 Å². The van der Waals surface area contributed by atoms with E-state index >= 15 is 0 Å². The van der Waals surface area contributed by atoms with Gasteiger partial charge in [0.1, 0.15) is 0 Å². The SMILES string of the molecule is Cc1ccc(CC2(O)CCN(CCCOc3ccccc3O)CC2)cc1. The summed E-state index contributed by atoms with van der Waals surface area (Å²) in [7, 11) is 0. The smallest absolute Gasteiger partial charge is 0.160 e. The van der Waals surface area contributed by atoms with Gasteiger partial charge in [-0.05, 0) is 43.9 Å². The van der Waals surface area contributed by atoms with E-state index in [2.05, 4.69) is 36.1 Å². The van der Waals surface area contributed by atoms with Crippen LogP contribution in [0.1, 0.15) is 30.4 Å². The molecule has 0 aromatic heterocycles. The highest BCUT2D eigenvalue weighted by molar-refractivity contribution is 5.37. The van der Waals surface area contributed by atoms with E-state index in [1.54, 1.807) is 18.2 Å². The maximum Gasteiger partial charge on any atom is 0.160 e. The Morgan fingerprint density at radius 1 is 1.04 bits per heavy atom. The first-order chi connectivity index (χ1) is 12.5. The summed E-state index contributed by atoms with van der Waals surface area (Å²) in [6.07, 6.45) is 3.25. The number of nitrogens with zero attached hydrogens (tertiary/aromatic N) is 1. The lowest BCUT2D eigenvalue weighted by molar-refractivity contribution is -0.0212. The minimum absolute atomic E-state index is 0.187. The number of para-hydroxylation sites is 2. The Balaban J connectivity index is 1.38. The number of hydrogen-bond acceptors (Lipinski definition) is 4. The van der Waals surface area contributed by atoms with Crippen molar-refractivity contribution in [1.82, 2.24) is 4.90 Å². The molecule has 0 atom stereocenters. The normalized spacial score (nSPS) is 17.2. The highest BCUT2D eigenvalue weighted by atomic mass is 16.5. The Bertz CT molecular complexity index is 691. The molecule has 0 aliphatic carbocycles. The summed E-state index contributed by atoms with van der Waals surface area (Å²) in [5.74, 6) is 0.727. The summed E-state index contributed by atoms with van der Waals surface area (Å²) in [5, 5.41) is 20.6. The predicted octanol–water partition coefficient (Wildman–Crippen LogP) is 3.54. The Kier molecular flexibility index (Phi) is 6.17. The summed E-state index contributed by atoms with van der Waals surface area (Å²) >= 11 is 0. The van der Waals surface area contributed by atoms with Gasteiger partial charge >= 0.3 is 0 Å². The van der Waals surface area contributed by atoms with Crippen LogP contribution in [-0.4, -0.2) is 47.0 Å². The first-order valence-corrected chi connectivity index (χ1v) is 9.45. The molecule has 140 valence electrons. The molecule has 26 heavy (non-hydrogen) atoms. The van der Waals surface area contributed by atoms with Gasteiger partial charge in [-0.1, -0.05) is 42.0 Å². The van der Waals surface area contributed by atoms with E-state index in [9.17, 15) is 10.2 Å². The Hall–Kier alpha value is -2.04. The number of aromatic hydroxyl groups is 1. The Morgan fingerprint density at radius 2 is 1.73 bits per heavy atom. The van der Waals surface area contributed by atoms with Crippen molar-refractivity contribution in [2.45, 2.75) is 38.2 Å². The molecular weight excluding hydrogens is 326 g/mol. The fraction of sp³-hybridized carbons (Fsp3) is 0.455. The number of phenols is 1. The number of phenolic OH excluding ortho intramolecular Hbond substituents is 1. The average molecular weight is 355 g/mol. The molecule has 1 aliphatic heterocycles. The summed E-state index contributed by atoms with van der Waals surface area (Å²) in [6.45, 7) is 5.45. The van der Waals surface area contributed by atoms with Crippen molar-refractivity contribution in [3.63, 3.8) is 0 Å². The van der Waals surface area contributed by atoms with Crippen LogP contribution in [0, 0.1) is 6.92 Å². The van der Waals surface area contributed by atoms with E-state index in [0.717, 1.165) is 45.3 Å². The van der Waals surface area contributed by atoms with Crippen LogP contribution in [0.25, 0.3) is 0 Å². The zero-order valence-electron chi connectivity index (χ0n) is 15.5. The maximum absolute atomic E-state index is 10.9. The van der Waals surface area contributed by atoms with Crippen LogP contribution in [0.5, 0.6) is 11.5 Å². The van der Waals surface area contributed by atoms with Crippen molar-refractivity contribution >= 4 is 0 Å². The lowest BCUT2D eigenvalue weighted by Gasteiger charge is -2.38. The number of aryl methyl sites for hydroxylation is 1. The number of piperidine rings is 1. The molecule has 1 aliphatic rings. The van der Waals surface area contributed by atoms with E-state index in [-0.39, 0.29) is 5.75 Å². The molecule has 4 heteroatoms. The quantitative estimate of drug-likeness (QED) is 0.746. The molecule has 0 spiro atoms. The van der Waals surface area contributed by atoms with Gasteiger partial charge in [-0.3, -0.25) is 0 Å². The zero-order chi connectivity index (χ0) is 18.4. The number of benzene rings is 2. The van der Waals surface area contributed by atoms with E-state index in [4.69, 9.17) is 4.74 Å². The van der Waals surface area contributed by atoms with Gasteiger partial charge < -0.3 is 19.8 Å². The second-order valence-corrected chi connectivity index (χ2v) is 7.40. The minimum Gasteiger partial charge on any atom is -0.504 e. The van der Waals surface area contributed by atoms with Gasteiger partial charge in [0, 0.05) is 26.1 Å². The molecule has 0 unspecified atom stereocenters. The molecule has 4 nitrogen and oxygen atoms in total. The number of hydrogen-bond donors (Lipinski definition) is 2. The van der Waals surface area contributed by atoms with Crippen LogP contribution in [0.2, 0.25) is 0 Å². The predicted molar refractivity (Wildman–Crippen MR) is 104 cm³/mol. The first kappa shape index (κ1) is 18.7. The second-order valence-electron chi connectivity index (χ2n) is 7.40. The van der Waals surface area contributed by atoms with E-state index < -0.39 is 5.60 Å². The first-order valence-electron chi connectivity index (χ1n) is 9.45. The summed E-state index contributed by atoms with van der Waals surface area (Å²) in [5.41, 5.74) is 1.88. The van der Waals surface area contributed by atoms with Crippen molar-refractivity contribution in [1.29, 1.82) is 0 Å². The third kappa shape index (κ3) is 5.23. The van der Waals surface area contributed by atoms with Gasteiger partial charge in [0.15, 0.2) is 11.5 Å². The van der Waals surface area contributed by atoms with Crippen LogP contribution in [-0.2, 0) is 6.42 Å². The highest BCUT2D eigenvalue weighted by Gasteiger charge is 2.32. The highest BCUT2D eigenvalue weighted by Crippen LogP contribution is 2.27. The minimum atomic E-state index is -0.585. The standard InChI is InChI=1S/C22H29NO3/c1-18-7-9-19(10-8-18)17-22(25)11-14-23(15-12-22)13-4-16-26-21-6-3-2-5-20(21)24/h2-3,5-10,24-25H,4,11-17H2,1H3. The average Bonchev–Trinajstić information content (AvgIpc) is 2.64. The van der Waals surface area contributed by atoms with Crippen LogP contribution < -0.4 is 4.74 Å². The maximum atomic E-state index is 10.9. The molecule has 2 N–H and O–H groups in total. The van der Waals surface area contributed by atoms with Crippen molar-refractivity contribution in [3.05, 3.63) is 59.7 Å². The molecule has 1 fully saturated rings. The van der Waals surface area contributed by atoms with Crippen molar-refractivity contribution in [2.75, 3.05) is 26.2 Å². The molecular formula is C22H29NO3. The third-order valence-electron chi connectivity index (χ3n) is 5.18. The Labute approximate surface area is 156 Å². The lowest BCUT2D eigenvalue weighted by atomic mass is 9.85. The van der Waals surface area contributed by atoms with Gasteiger partial charge in [0.05, 0.1) is 12.2 Å². The van der Waals surface area contributed by atoms with Crippen molar-refractivity contribution in [2.24, 2.45) is 0 Å². The third-order valence-corrected chi connectivity index (χ3v) is 5.18. The van der Waals surface area contributed by atoms with E-state index in [1.807, 2.05) is 6.07 Å². The van der Waals surface area contributed by atoms with E-state index in [0.29, 0.717) is 12.4 Å². The summed E-state index contributed by atoms with van der Waals surface area (Å²) in [4.78, 5) is 2.39. The Morgan fingerprint density at radius 3 is 2.42 bits per heavy atom. The monoisotopic (exact) mass is 355 g/mol. The molecule has 1 saturated heterocycles. The number of ether oxygens (including phenoxy) is 1. The lowest BCUT2D eigenvalue weighted by Crippen LogP contribution is -2.46. The molecule has 0 bridgehead atoms. The van der Waals surface area contributed by atoms with Crippen LogP contribution >= 0.6 is 0 Å². The number of aliphatic hydroxyl groups is 1. The summed E-state index contributed by atoms with van der Waals surface area (Å²) in [6, 6.07) is 15.5. The topological polar surface area (TPSA) is 52.9 Å². The molecule has 0 saturated carbocycles. The van der Waals surface area contributed by atoms with Gasteiger partial charge in [-0.2, -0.15) is 0 Å². The zero-order valence-corrected chi connectivity index (χ0v) is 15.5. The summed E-state index contributed by atoms with van der Waals surface area (Å²) < 4.78 is 5.63. The van der Waals surface area contributed by atoms with Gasteiger partial charge in [0.25, 0.3) is 0 Å². The van der Waals surface area contributed by atoms with Gasteiger partial charge in [-0.15, -0.1) is 0 Å². The second kappa shape index (κ2) is 8.56. The van der Waals surface area contributed by atoms with Crippen molar-refractivity contribution in [3.8, 4) is 11.5 Å². The molecule has 3 rings (SSSR count). The number of likely N-dealkylation sites (tertiary alicyclic amines) is 1. The molecule has 0 amide bonds. The van der Waals surface area contributed by atoms with Crippen molar-refractivity contribution < 1.29 is 14.9 Å². The number of rotatable bonds is 7. The van der Waals surface area contributed by atoms with Gasteiger partial charge in [-0.25, -0.2) is 0 Å². The van der Waals surface area contributed by atoms with Crippen LogP contribution in [0.3, 0.4) is 0 Å². The molecule has 1 heterocycles. The van der Waals surface area contributed by atoms with Crippen LogP contribution in [0.4, 0.5) is 0 Å². The van der Waals surface area contributed by atoms with Gasteiger partial charge in [0.2, 0.25) is 0 Å². The molecule has 2 aromatic carbocycles. The largest absolute Gasteiger partial charge is 0.504 e. The fourth-order valence-corrected chi connectivity index (χ4v) is 3.51. The molecule has 2 aromatic rings.